The van der Waals surface area contributed by atoms with E-state index in [-0.39, 0.29) is 25.4 Å². The van der Waals surface area contributed by atoms with Crippen LogP contribution in [0, 0.1) is 12.7 Å². The fraction of sp³-hybridized carbons (Fsp3) is 0.588. The second-order valence-corrected chi connectivity index (χ2v) is 5.94. The van der Waals surface area contributed by atoms with E-state index < -0.39 is 0 Å². The molecule has 4 nitrogen and oxygen atoms in total. The van der Waals surface area contributed by atoms with Gasteiger partial charge in [0.1, 0.15) is 5.82 Å². The highest BCUT2D eigenvalue weighted by molar-refractivity contribution is 5.76. The summed E-state index contributed by atoms with van der Waals surface area (Å²) in [5.74, 6) is -0.206. The molecule has 3 rings (SSSR count). The monoisotopic (exact) mass is 307 g/mol. The van der Waals surface area contributed by atoms with Crippen molar-refractivity contribution in [1.29, 1.82) is 0 Å². The Labute approximate surface area is 131 Å². The lowest BCUT2D eigenvalue weighted by molar-refractivity contribution is 0.0909. The minimum absolute atomic E-state index is 0. The van der Waals surface area contributed by atoms with Crippen molar-refractivity contribution in [1.82, 2.24) is 14.9 Å². The number of aryl methyl sites for hydroxylation is 2. The Morgan fingerprint density at radius 2 is 2.27 bits per heavy atom. The van der Waals surface area contributed by atoms with Gasteiger partial charge in [-0.2, -0.15) is 0 Å². The number of imidazole rings is 1. The third-order valence-electron chi connectivity index (χ3n) is 4.36. The maximum atomic E-state index is 13.5. The smallest absolute Gasteiger partial charge is 0.128 e. The number of halogens is 1. The van der Waals surface area contributed by atoms with Crippen molar-refractivity contribution in [3.8, 4) is 0 Å². The average molecular weight is 307 g/mol. The normalized spacial score (nSPS) is 21.8. The lowest BCUT2D eigenvalue weighted by Gasteiger charge is -2.29. The minimum Gasteiger partial charge on any atom is -0.392 e. The molecule has 2 aromatic rings. The van der Waals surface area contributed by atoms with Crippen LogP contribution in [0.15, 0.2) is 18.5 Å². The fourth-order valence-electron chi connectivity index (χ4n) is 3.07. The largest absolute Gasteiger partial charge is 0.392 e. The first-order valence-electron chi connectivity index (χ1n) is 7.67. The summed E-state index contributed by atoms with van der Waals surface area (Å²) in [4.78, 5) is 4.26. The van der Waals surface area contributed by atoms with Crippen molar-refractivity contribution in [2.24, 2.45) is 0 Å². The number of benzene rings is 1. The van der Waals surface area contributed by atoms with E-state index in [9.17, 15) is 9.50 Å². The van der Waals surface area contributed by atoms with E-state index in [0.29, 0.717) is 11.1 Å². The second-order valence-electron chi connectivity index (χ2n) is 5.94. The standard InChI is InChI=1S/C16H22FN3O.CH4/c1-11-8-15-14(9-12(11)17)19-10-20(15)7-3-4-13-16(21)5-2-6-18-13;/h8-10,13,16,18,21H,2-7H2,1H3;1H4/t13-,16+;/m1./s1. The first-order chi connectivity index (χ1) is 10.1. The molecule has 22 heavy (non-hydrogen) atoms. The van der Waals surface area contributed by atoms with Gasteiger partial charge in [-0.05, 0) is 50.8 Å². The number of nitrogens with zero attached hydrogens (tertiary/aromatic N) is 2. The van der Waals surface area contributed by atoms with Crippen LogP contribution in [0.1, 0.15) is 38.7 Å². The third kappa shape index (κ3) is 3.47. The Morgan fingerprint density at radius 1 is 1.45 bits per heavy atom. The molecule has 1 saturated heterocycles. The first kappa shape index (κ1) is 16.9. The molecule has 0 unspecified atom stereocenters. The summed E-state index contributed by atoms with van der Waals surface area (Å²) in [5, 5.41) is 13.3. The van der Waals surface area contributed by atoms with Crippen LogP contribution >= 0.6 is 0 Å². The van der Waals surface area contributed by atoms with Crippen molar-refractivity contribution in [2.45, 2.75) is 58.7 Å². The van der Waals surface area contributed by atoms with E-state index in [0.717, 1.165) is 44.3 Å². The molecule has 0 aliphatic carbocycles. The van der Waals surface area contributed by atoms with Crippen LogP contribution in [0.4, 0.5) is 4.39 Å². The summed E-state index contributed by atoms with van der Waals surface area (Å²) in [6.45, 7) is 3.61. The Kier molecular flexibility index (Phi) is 5.53. The van der Waals surface area contributed by atoms with E-state index in [1.807, 2.05) is 6.07 Å². The second kappa shape index (κ2) is 7.20. The zero-order valence-corrected chi connectivity index (χ0v) is 12.3. The quantitative estimate of drug-likeness (QED) is 0.913. The Hall–Kier alpha value is -1.46. The molecular formula is C17H26FN3O. The molecular weight excluding hydrogens is 281 g/mol. The highest BCUT2D eigenvalue weighted by atomic mass is 19.1. The molecule has 0 amide bonds. The number of nitrogens with one attached hydrogen (secondary N) is 1. The average Bonchev–Trinajstić information content (AvgIpc) is 2.84. The van der Waals surface area contributed by atoms with Gasteiger partial charge in [0.15, 0.2) is 0 Å². The van der Waals surface area contributed by atoms with Gasteiger partial charge in [0, 0.05) is 18.7 Å². The van der Waals surface area contributed by atoms with Crippen molar-refractivity contribution < 1.29 is 9.50 Å². The zero-order chi connectivity index (χ0) is 14.8. The van der Waals surface area contributed by atoms with Gasteiger partial charge in [-0.3, -0.25) is 0 Å². The summed E-state index contributed by atoms with van der Waals surface area (Å²) < 4.78 is 15.6. The first-order valence-corrected chi connectivity index (χ1v) is 7.67. The molecule has 2 heterocycles. The van der Waals surface area contributed by atoms with Crippen molar-refractivity contribution in [3.05, 3.63) is 29.8 Å². The molecule has 0 saturated carbocycles. The van der Waals surface area contributed by atoms with Gasteiger partial charge in [-0.1, -0.05) is 7.43 Å². The topological polar surface area (TPSA) is 50.1 Å². The molecule has 122 valence electrons. The van der Waals surface area contributed by atoms with Crippen LogP contribution in [0.3, 0.4) is 0 Å². The summed E-state index contributed by atoms with van der Waals surface area (Å²) >= 11 is 0. The zero-order valence-electron chi connectivity index (χ0n) is 12.3. The number of hydrogen-bond donors (Lipinski definition) is 2. The maximum absolute atomic E-state index is 13.5. The van der Waals surface area contributed by atoms with E-state index in [1.54, 1.807) is 13.3 Å². The van der Waals surface area contributed by atoms with Crippen LogP contribution in [0.2, 0.25) is 0 Å². The van der Waals surface area contributed by atoms with Gasteiger partial charge in [0.25, 0.3) is 0 Å². The van der Waals surface area contributed by atoms with Crippen LogP contribution in [-0.4, -0.2) is 33.3 Å². The van der Waals surface area contributed by atoms with E-state index in [1.165, 1.54) is 6.07 Å². The third-order valence-corrected chi connectivity index (χ3v) is 4.36. The number of piperidine rings is 1. The molecule has 0 radical (unpaired) electrons. The summed E-state index contributed by atoms with van der Waals surface area (Å²) in [5.41, 5.74) is 2.33. The molecule has 1 aliphatic rings. The van der Waals surface area contributed by atoms with E-state index in [4.69, 9.17) is 0 Å². The minimum atomic E-state index is -0.227. The Bertz CT molecular complexity index is 626. The molecule has 1 aliphatic heterocycles. The Balaban J connectivity index is 0.00000176. The van der Waals surface area contributed by atoms with Crippen molar-refractivity contribution in [3.63, 3.8) is 0 Å². The predicted molar refractivity (Wildman–Crippen MR) is 87.4 cm³/mol. The number of fused-ring (bicyclic) bond motifs is 1. The van der Waals surface area contributed by atoms with Gasteiger partial charge in [0.05, 0.1) is 23.5 Å². The van der Waals surface area contributed by atoms with Gasteiger partial charge in [0.2, 0.25) is 0 Å². The van der Waals surface area contributed by atoms with Gasteiger partial charge >= 0.3 is 0 Å². The molecule has 2 N–H and O–H groups in total. The molecule has 1 fully saturated rings. The fourth-order valence-corrected chi connectivity index (χ4v) is 3.07. The van der Waals surface area contributed by atoms with Crippen LogP contribution in [-0.2, 0) is 6.54 Å². The predicted octanol–water partition coefficient (Wildman–Crippen LogP) is 3.01. The van der Waals surface area contributed by atoms with Gasteiger partial charge in [-0.15, -0.1) is 0 Å². The number of aliphatic hydroxyl groups is 1. The van der Waals surface area contributed by atoms with Crippen molar-refractivity contribution in [2.75, 3.05) is 6.54 Å². The lowest BCUT2D eigenvalue weighted by atomic mass is 9.97. The number of aliphatic hydroxyl groups excluding tert-OH is 1. The van der Waals surface area contributed by atoms with Gasteiger partial charge < -0.3 is 15.0 Å². The molecule has 1 aromatic carbocycles. The van der Waals surface area contributed by atoms with Crippen LogP contribution in [0.5, 0.6) is 0 Å². The lowest BCUT2D eigenvalue weighted by Crippen LogP contribution is -2.44. The molecule has 0 spiro atoms. The molecule has 5 heteroatoms. The highest BCUT2D eigenvalue weighted by Gasteiger charge is 2.21. The maximum Gasteiger partial charge on any atom is 0.128 e. The van der Waals surface area contributed by atoms with Crippen LogP contribution in [0.25, 0.3) is 11.0 Å². The SMILES string of the molecule is C.Cc1cc2c(cc1F)ncn2CCC[C@H]1NCCC[C@@H]1O. The number of rotatable bonds is 4. The molecule has 2 atom stereocenters. The van der Waals surface area contributed by atoms with Crippen molar-refractivity contribution >= 4 is 11.0 Å². The number of hydrogen-bond acceptors (Lipinski definition) is 3. The number of aromatic nitrogens is 2. The molecule has 0 bridgehead atoms. The molecule has 1 aromatic heterocycles. The van der Waals surface area contributed by atoms with Gasteiger partial charge in [-0.25, -0.2) is 9.37 Å². The van der Waals surface area contributed by atoms with Crippen LogP contribution < -0.4 is 5.32 Å². The van der Waals surface area contributed by atoms with E-state index in [2.05, 4.69) is 14.9 Å². The summed E-state index contributed by atoms with van der Waals surface area (Å²) in [6, 6.07) is 3.55. The van der Waals surface area contributed by atoms with E-state index >= 15 is 0 Å². The summed E-state index contributed by atoms with van der Waals surface area (Å²) in [7, 11) is 0. The highest BCUT2D eigenvalue weighted by Crippen LogP contribution is 2.19. The summed E-state index contributed by atoms with van der Waals surface area (Å²) in [6.07, 6.45) is 5.40. The Morgan fingerprint density at radius 3 is 3.05 bits per heavy atom.